The topological polar surface area (TPSA) is 58.9 Å². The fourth-order valence-electron chi connectivity index (χ4n) is 0.950. The summed E-state index contributed by atoms with van der Waals surface area (Å²) in [5, 5.41) is 17.6. The zero-order chi connectivity index (χ0) is 10.6. The summed E-state index contributed by atoms with van der Waals surface area (Å²) >= 11 is 0. The Hall–Kier alpha value is -0.355. The van der Waals surface area contributed by atoms with Gasteiger partial charge in [-0.1, -0.05) is 18.9 Å². The minimum absolute atomic E-state index is 0.242. The fraction of sp³-hybridized carbons (Fsp3) is 0.778. The van der Waals surface area contributed by atoms with Crippen LogP contribution in [0.25, 0.3) is 0 Å². The molecule has 0 rings (SSSR count). The van der Waals surface area contributed by atoms with E-state index in [4.69, 9.17) is 19.4 Å². The average molecular weight is 202 g/mol. The first kappa shape index (κ1) is 13.6. The van der Waals surface area contributed by atoms with Crippen LogP contribution in [0.1, 0.15) is 25.7 Å². The monoisotopic (exact) mass is 202 g/mol. The molecule has 0 atom stereocenters. The highest BCUT2D eigenvalue weighted by Gasteiger charge is 2.13. The van der Waals surface area contributed by atoms with Gasteiger partial charge < -0.3 is 19.4 Å². The van der Waals surface area contributed by atoms with Crippen molar-refractivity contribution in [2.75, 3.05) is 19.8 Å². The molecule has 0 spiro atoms. The number of hydrogen-bond donors (Lipinski definition) is 2. The molecule has 0 aliphatic carbocycles. The zero-order valence-corrected chi connectivity index (χ0v) is 8.52. The standard InChI is InChI=1S/C9H19BO4/c1-2-8-13-10(12)14-9-6-4-3-5-7-11/h2,11-12H,1,3-9H2. The molecule has 0 aromatic heterocycles. The van der Waals surface area contributed by atoms with Crippen molar-refractivity contribution in [1.29, 1.82) is 0 Å². The van der Waals surface area contributed by atoms with E-state index in [1.165, 1.54) is 0 Å². The molecular formula is C9H19BO4. The third-order valence-corrected chi connectivity index (χ3v) is 1.67. The highest BCUT2D eigenvalue weighted by molar-refractivity contribution is 6.34. The van der Waals surface area contributed by atoms with Crippen molar-refractivity contribution < 1.29 is 19.4 Å². The molecule has 0 unspecified atom stereocenters. The van der Waals surface area contributed by atoms with Gasteiger partial charge in [0.1, 0.15) is 0 Å². The summed E-state index contributed by atoms with van der Waals surface area (Å²) in [6.07, 6.45) is 5.23. The summed E-state index contributed by atoms with van der Waals surface area (Å²) in [5.74, 6) is 0. The molecule has 0 fully saturated rings. The maximum atomic E-state index is 9.05. The first-order chi connectivity index (χ1) is 6.81. The van der Waals surface area contributed by atoms with Crippen LogP contribution in [-0.2, 0) is 9.31 Å². The highest BCUT2D eigenvalue weighted by Crippen LogP contribution is 1.99. The Morgan fingerprint density at radius 2 is 1.86 bits per heavy atom. The quantitative estimate of drug-likeness (QED) is 0.311. The number of aliphatic hydroxyl groups excluding tert-OH is 1. The van der Waals surface area contributed by atoms with E-state index in [-0.39, 0.29) is 13.2 Å². The summed E-state index contributed by atoms with van der Waals surface area (Å²) in [4.78, 5) is 0. The largest absolute Gasteiger partial charge is 0.636 e. The van der Waals surface area contributed by atoms with Crippen LogP contribution in [0.15, 0.2) is 12.7 Å². The highest BCUT2D eigenvalue weighted by atomic mass is 16.7. The second-order valence-corrected chi connectivity index (χ2v) is 2.94. The van der Waals surface area contributed by atoms with Crippen molar-refractivity contribution in [3.05, 3.63) is 12.7 Å². The van der Waals surface area contributed by atoms with Crippen LogP contribution in [0.2, 0.25) is 0 Å². The third-order valence-electron chi connectivity index (χ3n) is 1.67. The van der Waals surface area contributed by atoms with Gasteiger partial charge in [0.05, 0.1) is 6.61 Å². The first-order valence-corrected chi connectivity index (χ1v) is 4.94. The van der Waals surface area contributed by atoms with E-state index in [0.717, 1.165) is 25.7 Å². The van der Waals surface area contributed by atoms with Crippen molar-refractivity contribution in [1.82, 2.24) is 0 Å². The number of unbranched alkanes of at least 4 members (excludes halogenated alkanes) is 3. The molecule has 0 amide bonds. The van der Waals surface area contributed by atoms with Crippen LogP contribution in [0.5, 0.6) is 0 Å². The molecule has 0 heterocycles. The molecule has 0 radical (unpaired) electrons. The summed E-state index contributed by atoms with van der Waals surface area (Å²) in [6.45, 7) is 4.45. The summed E-state index contributed by atoms with van der Waals surface area (Å²) in [7, 11) is -1.15. The molecular weight excluding hydrogens is 183 g/mol. The van der Waals surface area contributed by atoms with E-state index < -0.39 is 7.32 Å². The molecule has 82 valence electrons. The van der Waals surface area contributed by atoms with Gasteiger partial charge in [-0.05, 0) is 12.8 Å². The minimum atomic E-state index is -1.15. The molecule has 0 aromatic carbocycles. The van der Waals surface area contributed by atoms with Crippen LogP contribution in [0.4, 0.5) is 0 Å². The molecule has 0 aliphatic rings. The van der Waals surface area contributed by atoms with E-state index in [1.807, 2.05) is 0 Å². The van der Waals surface area contributed by atoms with Crippen molar-refractivity contribution in [3.8, 4) is 0 Å². The summed E-state index contributed by atoms with van der Waals surface area (Å²) in [6, 6.07) is 0. The van der Waals surface area contributed by atoms with Crippen LogP contribution >= 0.6 is 0 Å². The van der Waals surface area contributed by atoms with Gasteiger partial charge in [0.25, 0.3) is 0 Å². The minimum Gasteiger partial charge on any atom is -0.402 e. The van der Waals surface area contributed by atoms with E-state index in [0.29, 0.717) is 6.61 Å². The molecule has 5 heteroatoms. The molecule has 2 N–H and O–H groups in total. The van der Waals surface area contributed by atoms with Crippen LogP contribution in [0.3, 0.4) is 0 Å². The van der Waals surface area contributed by atoms with Gasteiger partial charge in [-0.2, -0.15) is 0 Å². The van der Waals surface area contributed by atoms with Gasteiger partial charge >= 0.3 is 7.32 Å². The Balaban J connectivity index is 3.06. The van der Waals surface area contributed by atoms with Gasteiger partial charge in [0.15, 0.2) is 0 Å². The van der Waals surface area contributed by atoms with Crippen LogP contribution in [-0.4, -0.2) is 37.3 Å². The Labute approximate surface area is 85.7 Å². The Kier molecular flexibility index (Phi) is 10.5. The number of rotatable bonds is 10. The van der Waals surface area contributed by atoms with E-state index in [2.05, 4.69) is 6.58 Å². The Morgan fingerprint density at radius 1 is 1.14 bits per heavy atom. The normalized spacial score (nSPS) is 10.1. The maximum Gasteiger partial charge on any atom is 0.636 e. The van der Waals surface area contributed by atoms with Gasteiger partial charge in [0.2, 0.25) is 0 Å². The lowest BCUT2D eigenvalue weighted by Crippen LogP contribution is -2.23. The lowest BCUT2D eigenvalue weighted by atomic mass is 10.2. The molecule has 0 aliphatic heterocycles. The lowest BCUT2D eigenvalue weighted by Gasteiger charge is -2.06. The smallest absolute Gasteiger partial charge is 0.402 e. The van der Waals surface area contributed by atoms with E-state index in [9.17, 15) is 0 Å². The van der Waals surface area contributed by atoms with Gasteiger partial charge in [-0.3, -0.25) is 0 Å². The van der Waals surface area contributed by atoms with Crippen molar-refractivity contribution in [2.24, 2.45) is 0 Å². The molecule has 0 saturated carbocycles. The third kappa shape index (κ3) is 9.73. The van der Waals surface area contributed by atoms with Gasteiger partial charge in [0, 0.05) is 13.2 Å². The average Bonchev–Trinajstić information content (AvgIpc) is 2.20. The molecule has 0 aromatic rings. The van der Waals surface area contributed by atoms with Crippen molar-refractivity contribution in [3.63, 3.8) is 0 Å². The Bertz CT molecular complexity index is 132. The maximum absolute atomic E-state index is 9.05. The lowest BCUT2D eigenvalue weighted by molar-refractivity contribution is 0.142. The first-order valence-electron chi connectivity index (χ1n) is 4.94. The van der Waals surface area contributed by atoms with Crippen LogP contribution < -0.4 is 0 Å². The van der Waals surface area contributed by atoms with Crippen molar-refractivity contribution >= 4 is 7.32 Å². The summed E-state index contributed by atoms with van der Waals surface area (Å²) < 4.78 is 9.74. The van der Waals surface area contributed by atoms with E-state index in [1.54, 1.807) is 6.08 Å². The zero-order valence-electron chi connectivity index (χ0n) is 8.52. The fourth-order valence-corrected chi connectivity index (χ4v) is 0.950. The van der Waals surface area contributed by atoms with Gasteiger partial charge in [-0.15, -0.1) is 6.58 Å². The molecule has 14 heavy (non-hydrogen) atoms. The predicted molar refractivity (Wildman–Crippen MR) is 55.6 cm³/mol. The van der Waals surface area contributed by atoms with Crippen LogP contribution in [0, 0.1) is 0 Å². The van der Waals surface area contributed by atoms with E-state index >= 15 is 0 Å². The molecule has 0 saturated heterocycles. The number of hydrogen-bond acceptors (Lipinski definition) is 4. The SMILES string of the molecule is C=CCOB(O)OCCCCCCO. The number of aliphatic hydroxyl groups is 1. The summed E-state index contributed by atoms with van der Waals surface area (Å²) in [5.41, 5.74) is 0. The predicted octanol–water partition coefficient (Wildman–Crippen LogP) is 0.735. The molecule has 4 nitrogen and oxygen atoms in total. The second kappa shape index (κ2) is 10.7. The van der Waals surface area contributed by atoms with Gasteiger partial charge in [-0.25, -0.2) is 0 Å². The second-order valence-electron chi connectivity index (χ2n) is 2.94. The molecule has 0 bridgehead atoms. The Morgan fingerprint density at radius 3 is 2.50 bits per heavy atom. The van der Waals surface area contributed by atoms with Crippen molar-refractivity contribution in [2.45, 2.75) is 25.7 Å².